The lowest BCUT2D eigenvalue weighted by atomic mass is 10.1. The van der Waals surface area contributed by atoms with Crippen LogP contribution in [0.3, 0.4) is 0 Å². The summed E-state index contributed by atoms with van der Waals surface area (Å²) in [5.41, 5.74) is 0.864. The minimum Gasteiger partial charge on any atom is -0.478 e. The zero-order valence-corrected chi connectivity index (χ0v) is 8.92. The van der Waals surface area contributed by atoms with Gasteiger partial charge in [0.2, 0.25) is 6.79 Å². The van der Waals surface area contributed by atoms with Crippen LogP contribution in [0.4, 0.5) is 0 Å². The first-order valence-corrected chi connectivity index (χ1v) is 4.72. The van der Waals surface area contributed by atoms with Crippen LogP contribution in [0, 0.1) is 6.92 Å². The zero-order chi connectivity index (χ0) is 10.3. The molecule has 5 heteroatoms. The second-order valence-corrected chi connectivity index (χ2v) is 3.71. The van der Waals surface area contributed by atoms with Gasteiger partial charge in [-0.25, -0.2) is 4.79 Å². The molecular weight excluding hydrogens is 252 g/mol. The summed E-state index contributed by atoms with van der Waals surface area (Å²) in [6.07, 6.45) is 0. The predicted molar refractivity (Wildman–Crippen MR) is 52.0 cm³/mol. The molecule has 0 aliphatic carbocycles. The molecule has 0 aromatic heterocycles. The first-order chi connectivity index (χ1) is 6.61. The maximum atomic E-state index is 10.9. The number of fused-ring (bicyclic) bond motifs is 1. The topological polar surface area (TPSA) is 55.8 Å². The van der Waals surface area contributed by atoms with Gasteiger partial charge in [0.15, 0.2) is 11.5 Å². The molecule has 0 saturated carbocycles. The standard InChI is InChI=1S/C9H7BrO4/c1-4-2-5-8(14-3-13-5)7(10)6(4)9(11)12/h2H,3H2,1H3,(H,11,12). The maximum Gasteiger partial charge on any atom is 0.337 e. The van der Waals surface area contributed by atoms with Gasteiger partial charge >= 0.3 is 5.97 Å². The summed E-state index contributed by atoms with van der Waals surface area (Å²) >= 11 is 3.20. The Labute approximate surface area is 88.6 Å². The number of carboxylic acid groups (broad SMARTS) is 1. The van der Waals surface area contributed by atoms with Crippen molar-refractivity contribution in [3.8, 4) is 11.5 Å². The van der Waals surface area contributed by atoms with Crippen LogP contribution < -0.4 is 9.47 Å². The molecule has 2 rings (SSSR count). The van der Waals surface area contributed by atoms with Crippen molar-refractivity contribution in [1.82, 2.24) is 0 Å². The average Bonchev–Trinajstić information content (AvgIpc) is 2.50. The average molecular weight is 259 g/mol. The van der Waals surface area contributed by atoms with E-state index in [4.69, 9.17) is 14.6 Å². The number of carbonyl (C=O) groups is 1. The molecule has 74 valence electrons. The highest BCUT2D eigenvalue weighted by molar-refractivity contribution is 9.10. The predicted octanol–water partition coefficient (Wildman–Crippen LogP) is 2.18. The fraction of sp³-hybridized carbons (Fsp3) is 0.222. The van der Waals surface area contributed by atoms with Gasteiger partial charge in [0.25, 0.3) is 0 Å². The Bertz CT molecular complexity index is 414. The molecular formula is C9H7BrO4. The van der Waals surface area contributed by atoms with Crippen molar-refractivity contribution in [3.63, 3.8) is 0 Å². The second kappa shape index (κ2) is 3.16. The molecule has 0 amide bonds. The third kappa shape index (κ3) is 1.24. The van der Waals surface area contributed by atoms with E-state index in [-0.39, 0.29) is 12.4 Å². The number of ether oxygens (including phenoxy) is 2. The van der Waals surface area contributed by atoms with E-state index in [1.165, 1.54) is 0 Å². The number of aryl methyl sites for hydroxylation is 1. The Morgan fingerprint density at radius 1 is 1.57 bits per heavy atom. The molecule has 1 aromatic rings. The molecule has 1 N–H and O–H groups in total. The lowest BCUT2D eigenvalue weighted by Gasteiger charge is -2.06. The smallest absolute Gasteiger partial charge is 0.337 e. The van der Waals surface area contributed by atoms with Crippen molar-refractivity contribution in [1.29, 1.82) is 0 Å². The van der Waals surface area contributed by atoms with Crippen molar-refractivity contribution >= 4 is 21.9 Å². The molecule has 1 heterocycles. The SMILES string of the molecule is Cc1cc2c(c(Br)c1C(=O)O)OCO2. The van der Waals surface area contributed by atoms with Crippen molar-refractivity contribution in [3.05, 3.63) is 21.7 Å². The van der Waals surface area contributed by atoms with Crippen LogP contribution in [-0.4, -0.2) is 17.9 Å². The summed E-state index contributed by atoms with van der Waals surface area (Å²) < 4.78 is 10.7. The summed E-state index contributed by atoms with van der Waals surface area (Å²) in [6, 6.07) is 1.66. The Kier molecular flexibility index (Phi) is 2.11. The van der Waals surface area contributed by atoms with E-state index in [2.05, 4.69) is 15.9 Å². The molecule has 0 radical (unpaired) electrons. The Morgan fingerprint density at radius 2 is 2.29 bits per heavy atom. The van der Waals surface area contributed by atoms with E-state index in [9.17, 15) is 4.79 Å². The summed E-state index contributed by atoms with van der Waals surface area (Å²) in [5.74, 6) is 0.0695. The highest BCUT2D eigenvalue weighted by Crippen LogP contribution is 2.42. The molecule has 0 saturated heterocycles. The molecule has 1 aromatic carbocycles. The van der Waals surface area contributed by atoms with E-state index in [0.29, 0.717) is 21.5 Å². The fourth-order valence-corrected chi connectivity index (χ4v) is 2.18. The van der Waals surface area contributed by atoms with Gasteiger partial charge in [-0.2, -0.15) is 0 Å². The molecule has 0 spiro atoms. The van der Waals surface area contributed by atoms with Crippen molar-refractivity contribution in [2.75, 3.05) is 6.79 Å². The van der Waals surface area contributed by atoms with Crippen LogP contribution in [0.15, 0.2) is 10.5 Å². The van der Waals surface area contributed by atoms with Crippen LogP contribution in [0.1, 0.15) is 15.9 Å². The van der Waals surface area contributed by atoms with Crippen LogP contribution in [0.25, 0.3) is 0 Å². The summed E-state index contributed by atoms with van der Waals surface area (Å²) in [7, 11) is 0. The molecule has 0 bridgehead atoms. The highest BCUT2D eigenvalue weighted by atomic mass is 79.9. The van der Waals surface area contributed by atoms with Crippen molar-refractivity contribution < 1.29 is 19.4 Å². The van der Waals surface area contributed by atoms with E-state index in [0.717, 1.165) is 0 Å². The third-order valence-electron chi connectivity index (χ3n) is 2.02. The van der Waals surface area contributed by atoms with Gasteiger partial charge in [0, 0.05) is 0 Å². The van der Waals surface area contributed by atoms with Gasteiger partial charge in [-0.3, -0.25) is 0 Å². The maximum absolute atomic E-state index is 10.9. The number of benzene rings is 1. The van der Waals surface area contributed by atoms with Crippen LogP contribution in [-0.2, 0) is 0 Å². The lowest BCUT2D eigenvalue weighted by molar-refractivity contribution is 0.0694. The molecule has 14 heavy (non-hydrogen) atoms. The van der Waals surface area contributed by atoms with E-state index >= 15 is 0 Å². The van der Waals surface area contributed by atoms with Gasteiger partial charge < -0.3 is 14.6 Å². The van der Waals surface area contributed by atoms with Crippen LogP contribution >= 0.6 is 15.9 Å². The minimum absolute atomic E-state index is 0.135. The van der Waals surface area contributed by atoms with Crippen molar-refractivity contribution in [2.24, 2.45) is 0 Å². The Balaban J connectivity index is 2.68. The van der Waals surface area contributed by atoms with Crippen LogP contribution in [0.2, 0.25) is 0 Å². The third-order valence-corrected chi connectivity index (χ3v) is 2.77. The number of hydrogen-bond donors (Lipinski definition) is 1. The monoisotopic (exact) mass is 258 g/mol. The number of carboxylic acids is 1. The molecule has 1 aliphatic heterocycles. The zero-order valence-electron chi connectivity index (χ0n) is 7.33. The molecule has 0 unspecified atom stereocenters. The van der Waals surface area contributed by atoms with E-state index < -0.39 is 5.97 Å². The number of hydrogen-bond acceptors (Lipinski definition) is 3. The van der Waals surface area contributed by atoms with Crippen molar-refractivity contribution in [2.45, 2.75) is 6.92 Å². The number of aromatic carboxylic acids is 1. The number of halogens is 1. The van der Waals surface area contributed by atoms with E-state index in [1.54, 1.807) is 13.0 Å². The molecule has 4 nitrogen and oxygen atoms in total. The first kappa shape index (κ1) is 9.33. The minimum atomic E-state index is -0.979. The second-order valence-electron chi connectivity index (χ2n) is 2.92. The Morgan fingerprint density at radius 3 is 2.93 bits per heavy atom. The summed E-state index contributed by atoms with van der Waals surface area (Å²) in [5, 5.41) is 8.95. The summed E-state index contributed by atoms with van der Waals surface area (Å²) in [6.45, 7) is 1.85. The molecule has 0 atom stereocenters. The molecule has 0 fully saturated rings. The van der Waals surface area contributed by atoms with E-state index in [1.807, 2.05) is 0 Å². The van der Waals surface area contributed by atoms with Gasteiger partial charge in [0.1, 0.15) is 0 Å². The number of rotatable bonds is 1. The Hall–Kier alpha value is -1.23. The normalized spacial score (nSPS) is 13.0. The van der Waals surface area contributed by atoms with Gasteiger partial charge in [-0.05, 0) is 34.5 Å². The fourth-order valence-electron chi connectivity index (χ4n) is 1.39. The lowest BCUT2D eigenvalue weighted by Crippen LogP contribution is -2.01. The molecule has 1 aliphatic rings. The van der Waals surface area contributed by atoms with Gasteiger partial charge in [-0.15, -0.1) is 0 Å². The largest absolute Gasteiger partial charge is 0.478 e. The van der Waals surface area contributed by atoms with Gasteiger partial charge in [-0.1, -0.05) is 0 Å². The summed E-state index contributed by atoms with van der Waals surface area (Å²) in [4.78, 5) is 10.9. The highest BCUT2D eigenvalue weighted by Gasteiger charge is 2.24. The quantitative estimate of drug-likeness (QED) is 0.839. The van der Waals surface area contributed by atoms with Crippen LogP contribution in [0.5, 0.6) is 11.5 Å². The van der Waals surface area contributed by atoms with Gasteiger partial charge in [0.05, 0.1) is 10.0 Å². The first-order valence-electron chi connectivity index (χ1n) is 3.93.